The van der Waals surface area contributed by atoms with Gasteiger partial charge < -0.3 is 10.1 Å². The number of halogens is 2. The van der Waals surface area contributed by atoms with E-state index in [0.29, 0.717) is 25.3 Å². The van der Waals surface area contributed by atoms with Gasteiger partial charge in [-0.05, 0) is 30.3 Å². The highest BCUT2D eigenvalue weighted by Crippen LogP contribution is 2.31. The van der Waals surface area contributed by atoms with Gasteiger partial charge in [-0.1, -0.05) is 23.2 Å². The van der Waals surface area contributed by atoms with E-state index in [-0.39, 0.29) is 22.1 Å². The van der Waals surface area contributed by atoms with Crippen LogP contribution >= 0.6 is 34.5 Å². The van der Waals surface area contributed by atoms with Crippen LogP contribution in [0, 0.1) is 0 Å². The number of aromatic hydroxyl groups is 1. The number of benzene rings is 1. The molecule has 25 heavy (non-hydrogen) atoms. The predicted octanol–water partition coefficient (Wildman–Crippen LogP) is 2.34. The highest BCUT2D eigenvalue weighted by Gasteiger charge is 2.07. The lowest BCUT2D eigenvalue weighted by Crippen LogP contribution is -2.20. The molecule has 0 unspecified atom stereocenters. The molecule has 0 saturated carbocycles. The Morgan fingerprint density at radius 3 is 2.68 bits per heavy atom. The summed E-state index contributed by atoms with van der Waals surface area (Å²) in [5, 5.41) is 10.4. The number of nitrogens with zero attached hydrogens (tertiary/aromatic N) is 1. The van der Waals surface area contributed by atoms with E-state index in [9.17, 15) is 14.7 Å². The molecule has 0 fully saturated rings. The monoisotopic (exact) mass is 392 g/mol. The van der Waals surface area contributed by atoms with Gasteiger partial charge in [0.15, 0.2) is 5.78 Å². The van der Waals surface area contributed by atoms with Crippen LogP contribution in [0.4, 0.5) is 0 Å². The maximum atomic E-state index is 12.2. The smallest absolute Gasteiger partial charge is 0.266 e. The van der Waals surface area contributed by atoms with Crippen LogP contribution in [0.1, 0.15) is 15.9 Å². The highest BCUT2D eigenvalue weighted by atomic mass is 35.5. The number of carbonyl (C=O) groups excluding carboxylic acids is 1. The van der Waals surface area contributed by atoms with Crippen molar-refractivity contribution in [3.63, 3.8) is 0 Å². The first-order valence-electron chi connectivity index (χ1n) is 6.99. The van der Waals surface area contributed by atoms with Crippen molar-refractivity contribution in [2.75, 3.05) is 0 Å². The summed E-state index contributed by atoms with van der Waals surface area (Å²) in [5.74, 6) is -0.419. The molecule has 8 heteroatoms. The first-order valence-corrected chi connectivity index (χ1v) is 8.56. The molecule has 0 aliphatic rings. The van der Waals surface area contributed by atoms with Gasteiger partial charge in [-0.25, -0.2) is 0 Å². The SMILES string of the molecule is O=C(C=c1[nH]c(=O)c(=Cc2cc(Cl)cc(Cl)c2O)s1)c1ccncc1. The molecule has 0 bridgehead atoms. The molecule has 0 saturated heterocycles. The Labute approximate surface area is 155 Å². The minimum Gasteiger partial charge on any atom is -0.506 e. The van der Waals surface area contributed by atoms with Gasteiger partial charge in [0.05, 0.1) is 14.2 Å². The van der Waals surface area contributed by atoms with E-state index in [2.05, 4.69) is 9.97 Å². The van der Waals surface area contributed by atoms with Gasteiger partial charge in [-0.15, -0.1) is 11.3 Å². The third kappa shape index (κ3) is 3.99. The number of aromatic amines is 1. The van der Waals surface area contributed by atoms with Crippen molar-refractivity contribution in [1.29, 1.82) is 0 Å². The number of pyridine rings is 1. The molecule has 2 N–H and O–H groups in total. The molecule has 0 aliphatic carbocycles. The minimum absolute atomic E-state index is 0.0892. The van der Waals surface area contributed by atoms with Crippen LogP contribution in [0.5, 0.6) is 5.75 Å². The molecule has 0 spiro atoms. The quantitative estimate of drug-likeness (QED) is 0.670. The third-order valence-corrected chi connectivity index (χ3v) is 4.72. The second-order valence-corrected chi connectivity index (χ2v) is 6.93. The molecule has 1 aromatic carbocycles. The summed E-state index contributed by atoms with van der Waals surface area (Å²) in [6, 6.07) is 6.07. The van der Waals surface area contributed by atoms with Crippen molar-refractivity contribution in [1.82, 2.24) is 9.97 Å². The van der Waals surface area contributed by atoms with Crippen LogP contribution in [-0.4, -0.2) is 20.9 Å². The van der Waals surface area contributed by atoms with Crippen molar-refractivity contribution in [2.24, 2.45) is 0 Å². The fourth-order valence-electron chi connectivity index (χ4n) is 2.08. The zero-order chi connectivity index (χ0) is 18.0. The van der Waals surface area contributed by atoms with Crippen molar-refractivity contribution < 1.29 is 9.90 Å². The molecule has 0 atom stereocenters. The lowest BCUT2D eigenvalue weighted by molar-refractivity contribution is 0.106. The van der Waals surface area contributed by atoms with Gasteiger partial charge in [-0.2, -0.15) is 0 Å². The molecule has 3 rings (SSSR count). The number of rotatable bonds is 3. The van der Waals surface area contributed by atoms with E-state index in [4.69, 9.17) is 23.2 Å². The summed E-state index contributed by atoms with van der Waals surface area (Å²) in [6.45, 7) is 0. The number of H-pyrrole nitrogens is 1. The predicted molar refractivity (Wildman–Crippen MR) is 98.9 cm³/mol. The Bertz CT molecular complexity index is 1120. The topological polar surface area (TPSA) is 83.0 Å². The molecular formula is C17H10Cl2N2O3S. The van der Waals surface area contributed by atoms with Gasteiger partial charge >= 0.3 is 0 Å². The summed E-state index contributed by atoms with van der Waals surface area (Å²) in [7, 11) is 0. The molecule has 5 nitrogen and oxygen atoms in total. The maximum Gasteiger partial charge on any atom is 0.266 e. The molecule has 2 heterocycles. The normalized spacial score (nSPS) is 12.6. The first-order chi connectivity index (χ1) is 11.9. The van der Waals surface area contributed by atoms with E-state index in [0.717, 1.165) is 11.3 Å². The Balaban J connectivity index is 2.06. The zero-order valence-electron chi connectivity index (χ0n) is 12.5. The molecule has 3 aromatic rings. The molecule has 126 valence electrons. The van der Waals surface area contributed by atoms with Crippen LogP contribution in [-0.2, 0) is 0 Å². The van der Waals surface area contributed by atoms with Crippen LogP contribution in [0.15, 0.2) is 41.5 Å². The average Bonchev–Trinajstić information content (AvgIpc) is 2.92. The number of Topliss-reactive ketones (excluding diaryl/α,β-unsaturated/α-hetero) is 1. The molecule has 2 aromatic heterocycles. The van der Waals surface area contributed by atoms with E-state index < -0.39 is 0 Å². The van der Waals surface area contributed by atoms with Gasteiger partial charge in [0.25, 0.3) is 5.56 Å². The molecule has 0 amide bonds. The number of hydrogen-bond donors (Lipinski definition) is 2. The third-order valence-electron chi connectivity index (χ3n) is 3.25. The zero-order valence-corrected chi connectivity index (χ0v) is 14.8. The van der Waals surface area contributed by atoms with E-state index >= 15 is 0 Å². The lowest BCUT2D eigenvalue weighted by atomic mass is 10.2. The van der Waals surface area contributed by atoms with Gasteiger partial charge in [0.2, 0.25) is 0 Å². The second kappa shape index (κ2) is 7.23. The Morgan fingerprint density at radius 1 is 1.24 bits per heavy atom. The highest BCUT2D eigenvalue weighted by molar-refractivity contribution is 7.07. The van der Waals surface area contributed by atoms with E-state index in [1.165, 1.54) is 36.7 Å². The van der Waals surface area contributed by atoms with E-state index in [1.807, 2.05) is 0 Å². The number of hydrogen-bond acceptors (Lipinski definition) is 5. The number of ketones is 1. The molecule has 0 radical (unpaired) electrons. The summed E-state index contributed by atoms with van der Waals surface area (Å²) < 4.78 is 0.702. The Morgan fingerprint density at radius 2 is 1.96 bits per heavy atom. The molecule has 0 aliphatic heterocycles. The average molecular weight is 393 g/mol. The Kier molecular flexibility index (Phi) is 5.03. The fourth-order valence-corrected chi connectivity index (χ4v) is 3.47. The van der Waals surface area contributed by atoms with Crippen LogP contribution in [0.2, 0.25) is 10.0 Å². The van der Waals surface area contributed by atoms with Crippen molar-refractivity contribution in [3.05, 3.63) is 77.4 Å². The van der Waals surface area contributed by atoms with E-state index in [1.54, 1.807) is 12.1 Å². The largest absolute Gasteiger partial charge is 0.506 e. The summed E-state index contributed by atoms with van der Waals surface area (Å²) in [5.41, 5.74) is 0.403. The second-order valence-electron chi connectivity index (χ2n) is 5.00. The van der Waals surface area contributed by atoms with Gasteiger partial charge in [0, 0.05) is 34.6 Å². The fraction of sp³-hybridized carbons (Fsp3) is 0. The summed E-state index contributed by atoms with van der Waals surface area (Å²) in [4.78, 5) is 30.7. The van der Waals surface area contributed by atoms with Crippen molar-refractivity contribution in [2.45, 2.75) is 0 Å². The van der Waals surface area contributed by atoms with Crippen LogP contribution < -0.4 is 14.8 Å². The number of phenols is 1. The van der Waals surface area contributed by atoms with Crippen LogP contribution in [0.25, 0.3) is 12.2 Å². The van der Waals surface area contributed by atoms with Crippen molar-refractivity contribution in [3.8, 4) is 5.75 Å². The number of thiazole rings is 1. The standard InChI is InChI=1S/C17H10Cl2N2O3S/c18-11-5-10(16(23)12(19)7-11)6-14-17(24)21-15(25-14)8-13(22)9-1-3-20-4-2-9/h1-8,23H,(H,21,24). The molecular weight excluding hydrogens is 383 g/mol. The number of nitrogens with one attached hydrogen (secondary N) is 1. The summed E-state index contributed by atoms with van der Waals surface area (Å²) in [6.07, 6.45) is 5.83. The Hall–Kier alpha value is -2.41. The number of carbonyl (C=O) groups is 1. The number of phenolic OH excluding ortho intramolecular Hbond substituents is 1. The lowest BCUT2D eigenvalue weighted by Gasteiger charge is -2.01. The van der Waals surface area contributed by atoms with Crippen molar-refractivity contribution >= 4 is 52.5 Å². The maximum absolute atomic E-state index is 12.2. The van der Waals surface area contributed by atoms with Crippen LogP contribution in [0.3, 0.4) is 0 Å². The van der Waals surface area contributed by atoms with Gasteiger partial charge in [0.1, 0.15) is 5.75 Å². The number of aromatic nitrogens is 2. The first kappa shape index (κ1) is 17.4. The van der Waals surface area contributed by atoms with Gasteiger partial charge in [-0.3, -0.25) is 14.6 Å². The minimum atomic E-state index is -0.380. The summed E-state index contributed by atoms with van der Waals surface area (Å²) >= 11 is 12.9.